The smallest absolute Gasteiger partial charge is 0.392 e. The monoisotopic (exact) mass is 276 g/mol. The van der Waals surface area contributed by atoms with Crippen LogP contribution in [0.5, 0.6) is 5.75 Å². The van der Waals surface area contributed by atoms with Gasteiger partial charge in [-0.05, 0) is 26.8 Å². The van der Waals surface area contributed by atoms with Crippen LogP contribution in [0.4, 0.5) is 13.2 Å². The molecule has 0 fully saturated rings. The van der Waals surface area contributed by atoms with E-state index in [4.69, 9.17) is 4.74 Å². The van der Waals surface area contributed by atoms with Crippen molar-refractivity contribution in [3.05, 3.63) is 24.0 Å². The Morgan fingerprint density at radius 2 is 1.95 bits per heavy atom. The number of rotatable bonds is 5. The standard InChI is InChI=1S/C13H19F3N2O/c1-12(2,3)18-8-10-4-6-17-9-11(10)19-7-5-13(14,15)16/h4,6,9,18H,5,7-8H2,1-3H3. The highest BCUT2D eigenvalue weighted by Crippen LogP contribution is 2.22. The molecule has 1 rings (SSSR count). The predicted octanol–water partition coefficient (Wildman–Crippen LogP) is 3.30. The van der Waals surface area contributed by atoms with Crippen molar-refractivity contribution in [2.45, 2.75) is 45.5 Å². The summed E-state index contributed by atoms with van der Waals surface area (Å²) in [5.74, 6) is 0.392. The zero-order chi connectivity index (χ0) is 14.5. The molecule has 1 heterocycles. The largest absolute Gasteiger partial charge is 0.491 e. The van der Waals surface area contributed by atoms with Crippen molar-refractivity contribution in [3.63, 3.8) is 0 Å². The molecule has 0 spiro atoms. The highest BCUT2D eigenvalue weighted by molar-refractivity contribution is 5.29. The first-order chi connectivity index (χ1) is 8.67. The first kappa shape index (κ1) is 15.8. The third-order valence-corrected chi connectivity index (χ3v) is 2.32. The van der Waals surface area contributed by atoms with E-state index in [1.807, 2.05) is 20.8 Å². The third kappa shape index (κ3) is 7.00. The van der Waals surface area contributed by atoms with Gasteiger partial charge in [0.15, 0.2) is 0 Å². The summed E-state index contributed by atoms with van der Waals surface area (Å²) in [6.07, 6.45) is -2.13. The van der Waals surface area contributed by atoms with Crippen molar-refractivity contribution >= 4 is 0 Å². The van der Waals surface area contributed by atoms with E-state index in [1.54, 1.807) is 12.3 Å². The number of hydrogen-bond donors (Lipinski definition) is 1. The number of pyridine rings is 1. The molecule has 0 unspecified atom stereocenters. The van der Waals surface area contributed by atoms with Crippen molar-refractivity contribution in [1.82, 2.24) is 10.3 Å². The molecule has 0 aliphatic carbocycles. The van der Waals surface area contributed by atoms with Crippen LogP contribution in [0.3, 0.4) is 0 Å². The van der Waals surface area contributed by atoms with Crippen LogP contribution in [0.15, 0.2) is 18.5 Å². The van der Waals surface area contributed by atoms with E-state index in [9.17, 15) is 13.2 Å². The Hall–Kier alpha value is -1.30. The van der Waals surface area contributed by atoms with E-state index in [0.29, 0.717) is 12.3 Å². The highest BCUT2D eigenvalue weighted by Gasteiger charge is 2.27. The third-order valence-electron chi connectivity index (χ3n) is 2.32. The average Bonchev–Trinajstić information content (AvgIpc) is 2.25. The van der Waals surface area contributed by atoms with E-state index >= 15 is 0 Å². The Labute approximate surface area is 111 Å². The lowest BCUT2D eigenvalue weighted by Crippen LogP contribution is -2.35. The average molecular weight is 276 g/mol. The van der Waals surface area contributed by atoms with Crippen molar-refractivity contribution < 1.29 is 17.9 Å². The molecule has 1 aromatic heterocycles. The molecule has 0 bridgehead atoms. The molecule has 108 valence electrons. The van der Waals surface area contributed by atoms with Gasteiger partial charge in [-0.25, -0.2) is 0 Å². The van der Waals surface area contributed by atoms with E-state index in [0.717, 1.165) is 5.56 Å². The number of nitrogens with zero attached hydrogens (tertiary/aromatic N) is 1. The summed E-state index contributed by atoms with van der Waals surface area (Å²) < 4.78 is 41.3. The molecule has 1 N–H and O–H groups in total. The number of nitrogens with one attached hydrogen (secondary N) is 1. The molecule has 6 heteroatoms. The van der Waals surface area contributed by atoms with Gasteiger partial charge in [0.2, 0.25) is 0 Å². The Morgan fingerprint density at radius 3 is 2.53 bits per heavy atom. The Bertz CT molecular complexity index is 400. The zero-order valence-electron chi connectivity index (χ0n) is 11.3. The molecule has 0 aliphatic heterocycles. The highest BCUT2D eigenvalue weighted by atomic mass is 19.4. The fourth-order valence-corrected chi connectivity index (χ4v) is 1.32. The van der Waals surface area contributed by atoms with E-state index in [-0.39, 0.29) is 5.54 Å². The maximum Gasteiger partial charge on any atom is 0.392 e. The quantitative estimate of drug-likeness (QED) is 0.896. The van der Waals surface area contributed by atoms with Crippen LogP contribution in [-0.4, -0.2) is 23.3 Å². The van der Waals surface area contributed by atoms with E-state index < -0.39 is 19.2 Å². The molecule has 0 aromatic carbocycles. The molecule has 19 heavy (non-hydrogen) atoms. The second-order valence-electron chi connectivity index (χ2n) is 5.30. The number of aromatic nitrogens is 1. The lowest BCUT2D eigenvalue weighted by molar-refractivity contribution is -0.139. The van der Waals surface area contributed by atoms with Crippen LogP contribution in [0.25, 0.3) is 0 Å². The minimum Gasteiger partial charge on any atom is -0.491 e. The van der Waals surface area contributed by atoms with E-state index in [2.05, 4.69) is 10.3 Å². The maximum atomic E-state index is 12.1. The molecule has 0 aliphatic rings. The molecular weight excluding hydrogens is 257 g/mol. The van der Waals surface area contributed by atoms with Crippen molar-refractivity contribution in [2.24, 2.45) is 0 Å². The summed E-state index contributed by atoms with van der Waals surface area (Å²) in [6.45, 7) is 6.17. The molecular formula is C13H19F3N2O. The molecule has 0 saturated heterocycles. The summed E-state index contributed by atoms with van der Waals surface area (Å²) >= 11 is 0. The van der Waals surface area contributed by atoms with Gasteiger partial charge >= 0.3 is 6.18 Å². The predicted molar refractivity (Wildman–Crippen MR) is 67.0 cm³/mol. The van der Waals surface area contributed by atoms with Crippen LogP contribution in [0.2, 0.25) is 0 Å². The Balaban J connectivity index is 2.58. The Kier molecular flexibility index (Phi) is 5.17. The number of ether oxygens (including phenoxy) is 1. The van der Waals surface area contributed by atoms with Gasteiger partial charge < -0.3 is 10.1 Å². The minimum atomic E-state index is -4.20. The van der Waals surface area contributed by atoms with Gasteiger partial charge in [0.1, 0.15) is 5.75 Å². The summed E-state index contributed by atoms with van der Waals surface area (Å²) in [7, 11) is 0. The molecule has 0 saturated carbocycles. The first-order valence-corrected chi connectivity index (χ1v) is 6.05. The summed E-state index contributed by atoms with van der Waals surface area (Å²) in [5.41, 5.74) is 0.721. The first-order valence-electron chi connectivity index (χ1n) is 6.05. The number of alkyl halides is 3. The van der Waals surface area contributed by atoms with Crippen LogP contribution >= 0.6 is 0 Å². The summed E-state index contributed by atoms with van der Waals surface area (Å²) in [5, 5.41) is 3.26. The van der Waals surface area contributed by atoms with Gasteiger partial charge in [0.05, 0.1) is 19.2 Å². The van der Waals surface area contributed by atoms with Crippen LogP contribution < -0.4 is 10.1 Å². The van der Waals surface area contributed by atoms with Crippen molar-refractivity contribution in [1.29, 1.82) is 0 Å². The second kappa shape index (κ2) is 6.23. The zero-order valence-corrected chi connectivity index (χ0v) is 11.3. The lowest BCUT2D eigenvalue weighted by atomic mass is 10.1. The SMILES string of the molecule is CC(C)(C)NCc1ccncc1OCCC(F)(F)F. The molecule has 1 aromatic rings. The Morgan fingerprint density at radius 1 is 1.26 bits per heavy atom. The number of hydrogen-bond acceptors (Lipinski definition) is 3. The normalized spacial score (nSPS) is 12.5. The van der Waals surface area contributed by atoms with Crippen LogP contribution in [-0.2, 0) is 6.54 Å². The van der Waals surface area contributed by atoms with Gasteiger partial charge in [0.25, 0.3) is 0 Å². The fourth-order valence-electron chi connectivity index (χ4n) is 1.32. The molecule has 0 amide bonds. The summed E-state index contributed by atoms with van der Waals surface area (Å²) in [4.78, 5) is 3.87. The van der Waals surface area contributed by atoms with Crippen LogP contribution in [0.1, 0.15) is 32.8 Å². The fraction of sp³-hybridized carbons (Fsp3) is 0.615. The van der Waals surface area contributed by atoms with Crippen molar-refractivity contribution in [2.75, 3.05) is 6.61 Å². The second-order valence-corrected chi connectivity index (χ2v) is 5.30. The summed E-state index contributed by atoms with van der Waals surface area (Å²) in [6, 6.07) is 1.74. The van der Waals surface area contributed by atoms with E-state index in [1.165, 1.54) is 6.20 Å². The van der Waals surface area contributed by atoms with Gasteiger partial charge in [-0.3, -0.25) is 4.98 Å². The van der Waals surface area contributed by atoms with Crippen molar-refractivity contribution in [3.8, 4) is 5.75 Å². The minimum absolute atomic E-state index is 0.0769. The maximum absolute atomic E-state index is 12.1. The van der Waals surface area contributed by atoms with Gasteiger partial charge in [-0.1, -0.05) is 0 Å². The van der Waals surface area contributed by atoms with Crippen LogP contribution in [0, 0.1) is 0 Å². The molecule has 0 radical (unpaired) electrons. The lowest BCUT2D eigenvalue weighted by Gasteiger charge is -2.21. The van der Waals surface area contributed by atoms with Gasteiger partial charge in [-0.2, -0.15) is 13.2 Å². The number of halogens is 3. The van der Waals surface area contributed by atoms with Gasteiger partial charge in [0, 0.05) is 23.8 Å². The molecule has 3 nitrogen and oxygen atoms in total. The topological polar surface area (TPSA) is 34.2 Å². The molecule has 0 atom stereocenters. The van der Waals surface area contributed by atoms with Gasteiger partial charge in [-0.15, -0.1) is 0 Å².